The van der Waals surface area contributed by atoms with Crippen molar-refractivity contribution in [3.05, 3.63) is 35.9 Å². The summed E-state index contributed by atoms with van der Waals surface area (Å²) in [5.74, 6) is -1.60. The summed E-state index contributed by atoms with van der Waals surface area (Å²) in [6, 6.07) is 9.26. The monoisotopic (exact) mass is 482 g/mol. The molecule has 1 aromatic carbocycles. The van der Waals surface area contributed by atoms with Gasteiger partial charge in [-0.3, -0.25) is 9.59 Å². The minimum Gasteiger partial charge on any atom is -0.467 e. The van der Waals surface area contributed by atoms with E-state index in [1.165, 1.54) is 32.7 Å². The van der Waals surface area contributed by atoms with E-state index in [0.717, 1.165) is 5.56 Å². The SMILES string of the molecule is CCS[C@H]1O[C@@H](C(=O)OC)[C@@H](OC(=O)CCC(C)=O)[C@H](OCc2ccccc2)[C@H]1OC(C)=O. The van der Waals surface area contributed by atoms with E-state index in [0.29, 0.717) is 5.75 Å². The first-order chi connectivity index (χ1) is 15.8. The number of Topliss-reactive ketones (excluding diaryl/α,β-unsaturated/α-hetero) is 1. The summed E-state index contributed by atoms with van der Waals surface area (Å²) in [6.45, 7) is 4.62. The van der Waals surface area contributed by atoms with Crippen LogP contribution in [-0.4, -0.2) is 66.4 Å². The minimum absolute atomic E-state index is 0.00741. The summed E-state index contributed by atoms with van der Waals surface area (Å²) in [5.41, 5.74) is 0.0810. The molecule has 1 saturated heterocycles. The maximum Gasteiger partial charge on any atom is 0.339 e. The van der Waals surface area contributed by atoms with E-state index in [2.05, 4.69) is 0 Å². The number of benzene rings is 1. The van der Waals surface area contributed by atoms with E-state index in [-0.39, 0.29) is 25.2 Å². The summed E-state index contributed by atoms with van der Waals surface area (Å²) in [7, 11) is 1.19. The van der Waals surface area contributed by atoms with Crippen molar-refractivity contribution < 1.29 is 42.9 Å². The van der Waals surface area contributed by atoms with Crippen LogP contribution >= 0.6 is 11.8 Å². The van der Waals surface area contributed by atoms with Crippen molar-refractivity contribution in [2.75, 3.05) is 12.9 Å². The lowest BCUT2D eigenvalue weighted by atomic mass is 9.98. The molecule has 1 heterocycles. The summed E-state index contributed by atoms with van der Waals surface area (Å²) < 4.78 is 28.0. The number of esters is 3. The van der Waals surface area contributed by atoms with Gasteiger partial charge in [0.25, 0.3) is 0 Å². The molecule has 0 unspecified atom stereocenters. The van der Waals surface area contributed by atoms with Gasteiger partial charge in [0.2, 0.25) is 0 Å². The highest BCUT2D eigenvalue weighted by molar-refractivity contribution is 7.99. The normalized spacial score (nSPS) is 24.5. The van der Waals surface area contributed by atoms with Crippen LogP contribution in [0.15, 0.2) is 30.3 Å². The molecule has 1 aromatic rings. The number of thioether (sulfide) groups is 1. The van der Waals surface area contributed by atoms with Crippen molar-refractivity contribution >= 4 is 35.5 Å². The van der Waals surface area contributed by atoms with Crippen LogP contribution in [0.2, 0.25) is 0 Å². The molecule has 0 amide bonds. The van der Waals surface area contributed by atoms with Crippen molar-refractivity contribution in [3.8, 4) is 0 Å². The summed E-state index contributed by atoms with van der Waals surface area (Å²) in [4.78, 5) is 48.2. The molecule has 10 heteroatoms. The average molecular weight is 483 g/mol. The van der Waals surface area contributed by atoms with Crippen LogP contribution in [0, 0.1) is 0 Å². The van der Waals surface area contributed by atoms with Crippen LogP contribution in [-0.2, 0) is 49.5 Å². The molecular formula is C23H30O9S. The number of ether oxygens (including phenoxy) is 5. The Hall–Kier alpha value is -2.43. The number of carbonyl (C=O) groups excluding carboxylic acids is 4. The Kier molecular flexibility index (Phi) is 10.8. The van der Waals surface area contributed by atoms with E-state index in [4.69, 9.17) is 23.7 Å². The summed E-state index contributed by atoms with van der Waals surface area (Å²) >= 11 is 1.32. The molecule has 0 aromatic heterocycles. The molecule has 2 rings (SSSR count). The largest absolute Gasteiger partial charge is 0.467 e. The van der Waals surface area contributed by atoms with E-state index < -0.39 is 47.8 Å². The Labute approximate surface area is 197 Å². The van der Waals surface area contributed by atoms with Crippen molar-refractivity contribution in [1.82, 2.24) is 0 Å². The number of rotatable bonds is 11. The first kappa shape index (κ1) is 26.8. The molecule has 1 fully saturated rings. The Bertz CT molecular complexity index is 813. The number of ketones is 1. The first-order valence-corrected chi connectivity index (χ1v) is 11.7. The molecule has 0 saturated carbocycles. The molecule has 0 spiro atoms. The fourth-order valence-electron chi connectivity index (χ4n) is 3.31. The quantitative estimate of drug-likeness (QED) is 0.344. The van der Waals surface area contributed by atoms with Crippen LogP contribution in [0.4, 0.5) is 0 Å². The Morgan fingerprint density at radius 1 is 0.970 bits per heavy atom. The molecule has 0 N–H and O–H groups in total. The second-order valence-electron chi connectivity index (χ2n) is 7.40. The molecule has 1 aliphatic heterocycles. The van der Waals surface area contributed by atoms with E-state index in [9.17, 15) is 19.2 Å². The Balaban J connectivity index is 2.39. The highest BCUT2D eigenvalue weighted by Crippen LogP contribution is 2.35. The van der Waals surface area contributed by atoms with Gasteiger partial charge in [-0.25, -0.2) is 4.79 Å². The standard InChI is InChI=1S/C23H30O9S/c1-5-33-23-21(30-15(3)25)18(29-13-16-9-7-6-8-10-16)19(20(32-23)22(27)28-4)31-17(26)12-11-14(2)24/h6-10,18-21,23H,5,11-13H2,1-4H3/t18-,19-,20+,21+,23+/m0/s1. The van der Waals surface area contributed by atoms with Crippen molar-refractivity contribution in [3.63, 3.8) is 0 Å². The van der Waals surface area contributed by atoms with Gasteiger partial charge in [0.05, 0.1) is 20.1 Å². The zero-order valence-corrected chi connectivity index (χ0v) is 20.0. The van der Waals surface area contributed by atoms with Gasteiger partial charge in [0, 0.05) is 13.3 Å². The fourth-order valence-corrected chi connectivity index (χ4v) is 4.23. The average Bonchev–Trinajstić information content (AvgIpc) is 2.78. The third-order valence-corrected chi connectivity index (χ3v) is 5.84. The topological polar surface area (TPSA) is 114 Å². The highest BCUT2D eigenvalue weighted by Gasteiger charge is 2.53. The highest BCUT2D eigenvalue weighted by atomic mass is 32.2. The third-order valence-electron chi connectivity index (χ3n) is 4.80. The van der Waals surface area contributed by atoms with Gasteiger partial charge in [-0.2, -0.15) is 0 Å². The molecule has 0 aliphatic carbocycles. The lowest BCUT2D eigenvalue weighted by Crippen LogP contribution is -2.62. The molecule has 5 atom stereocenters. The van der Waals surface area contributed by atoms with Crippen LogP contribution in [0.3, 0.4) is 0 Å². The molecule has 0 radical (unpaired) electrons. The van der Waals surface area contributed by atoms with Gasteiger partial charge >= 0.3 is 17.9 Å². The van der Waals surface area contributed by atoms with Gasteiger partial charge in [0.15, 0.2) is 18.3 Å². The van der Waals surface area contributed by atoms with Gasteiger partial charge < -0.3 is 28.5 Å². The Morgan fingerprint density at radius 2 is 1.67 bits per heavy atom. The van der Waals surface area contributed by atoms with Gasteiger partial charge in [-0.05, 0) is 18.2 Å². The van der Waals surface area contributed by atoms with Crippen molar-refractivity contribution in [2.45, 2.75) is 70.1 Å². The predicted octanol–water partition coefficient (Wildman–Crippen LogP) is 2.44. The van der Waals surface area contributed by atoms with Crippen molar-refractivity contribution in [1.29, 1.82) is 0 Å². The first-order valence-electron chi connectivity index (χ1n) is 10.6. The van der Waals surface area contributed by atoms with Crippen LogP contribution in [0.5, 0.6) is 0 Å². The second kappa shape index (κ2) is 13.3. The molecule has 0 bridgehead atoms. The van der Waals surface area contributed by atoms with Gasteiger partial charge in [0.1, 0.15) is 17.3 Å². The minimum atomic E-state index is -1.30. The van der Waals surface area contributed by atoms with Gasteiger partial charge in [-0.15, -0.1) is 11.8 Å². The predicted molar refractivity (Wildman–Crippen MR) is 119 cm³/mol. The number of hydrogen-bond donors (Lipinski definition) is 0. The third kappa shape index (κ3) is 8.13. The van der Waals surface area contributed by atoms with E-state index >= 15 is 0 Å². The molecule has 1 aliphatic rings. The van der Waals surface area contributed by atoms with Crippen LogP contribution in [0.1, 0.15) is 39.2 Å². The molecule has 33 heavy (non-hydrogen) atoms. The number of methoxy groups -OCH3 is 1. The number of hydrogen-bond acceptors (Lipinski definition) is 10. The smallest absolute Gasteiger partial charge is 0.339 e. The van der Waals surface area contributed by atoms with E-state index in [1.54, 1.807) is 0 Å². The molecule has 9 nitrogen and oxygen atoms in total. The van der Waals surface area contributed by atoms with Crippen LogP contribution < -0.4 is 0 Å². The lowest BCUT2D eigenvalue weighted by molar-refractivity contribution is -0.239. The summed E-state index contributed by atoms with van der Waals surface area (Å²) in [6.07, 6.45) is -4.70. The molecule has 182 valence electrons. The van der Waals surface area contributed by atoms with Crippen LogP contribution in [0.25, 0.3) is 0 Å². The van der Waals surface area contributed by atoms with E-state index in [1.807, 2.05) is 37.3 Å². The second-order valence-corrected chi connectivity index (χ2v) is 8.77. The zero-order valence-electron chi connectivity index (χ0n) is 19.2. The van der Waals surface area contributed by atoms with Crippen molar-refractivity contribution in [2.24, 2.45) is 0 Å². The van der Waals surface area contributed by atoms with Gasteiger partial charge in [-0.1, -0.05) is 37.3 Å². The number of carbonyl (C=O) groups is 4. The zero-order chi connectivity index (χ0) is 24.4. The maximum atomic E-state index is 12.6. The summed E-state index contributed by atoms with van der Waals surface area (Å²) in [5, 5.41) is 0. The molecular weight excluding hydrogens is 452 g/mol. The maximum absolute atomic E-state index is 12.6. The lowest BCUT2D eigenvalue weighted by Gasteiger charge is -2.44. The Morgan fingerprint density at radius 3 is 2.24 bits per heavy atom. The fraction of sp³-hybridized carbons (Fsp3) is 0.565.